The molecule has 1 aromatic heterocycles. The molecule has 3 N–H and O–H groups in total. The molecule has 1 aliphatic rings. The van der Waals surface area contributed by atoms with Crippen LogP contribution >= 0.6 is 0 Å². The van der Waals surface area contributed by atoms with Crippen LogP contribution < -0.4 is 11.3 Å². The molecule has 0 aromatic carbocycles. The monoisotopic (exact) mass is 248 g/mol. The van der Waals surface area contributed by atoms with Crippen LogP contribution in [0.3, 0.4) is 0 Å². The lowest BCUT2D eigenvalue weighted by molar-refractivity contribution is 0.471. The first-order chi connectivity index (χ1) is 8.79. The third-order valence-corrected chi connectivity index (χ3v) is 3.77. The van der Waals surface area contributed by atoms with E-state index in [0.717, 1.165) is 25.1 Å². The van der Waals surface area contributed by atoms with E-state index in [2.05, 4.69) is 21.1 Å². The number of aromatic nitrogens is 2. The van der Waals surface area contributed by atoms with Gasteiger partial charge < -0.3 is 4.57 Å². The lowest BCUT2D eigenvalue weighted by Crippen LogP contribution is -2.36. The zero-order valence-electron chi connectivity index (χ0n) is 11.2. The quantitative estimate of drug-likeness (QED) is 0.460. The normalized spacial score (nSPS) is 17.6. The molecular weight excluding hydrogens is 224 g/mol. The number of nitrogens with one attached hydrogen (secondary N) is 1. The maximum absolute atomic E-state index is 5.66. The van der Waals surface area contributed by atoms with E-state index in [1.54, 1.807) is 5.57 Å². The summed E-state index contributed by atoms with van der Waals surface area (Å²) < 4.78 is 2.08. The van der Waals surface area contributed by atoms with Crippen LogP contribution in [0.15, 0.2) is 24.0 Å². The first-order valence-electron chi connectivity index (χ1n) is 6.90. The van der Waals surface area contributed by atoms with Gasteiger partial charge in [-0.05, 0) is 38.5 Å². The number of hydrazine groups is 1. The van der Waals surface area contributed by atoms with Gasteiger partial charge in [0.2, 0.25) is 0 Å². The molecular formula is C14H24N4. The van der Waals surface area contributed by atoms with Gasteiger partial charge in [0.15, 0.2) is 0 Å². The number of aryl methyl sites for hydroxylation is 2. The Kier molecular flexibility index (Phi) is 4.96. The maximum Gasteiger partial charge on any atom is 0.108 e. The molecule has 1 aromatic rings. The topological polar surface area (TPSA) is 55.9 Å². The molecule has 18 heavy (non-hydrogen) atoms. The molecule has 1 unspecified atom stereocenters. The Labute approximate surface area is 109 Å². The van der Waals surface area contributed by atoms with Gasteiger partial charge in [0.1, 0.15) is 5.82 Å². The molecule has 2 rings (SSSR count). The first kappa shape index (κ1) is 13.3. The molecule has 1 aliphatic carbocycles. The summed E-state index contributed by atoms with van der Waals surface area (Å²) in [7, 11) is 2.04. The summed E-state index contributed by atoms with van der Waals surface area (Å²) in [5.74, 6) is 6.80. The largest absolute Gasteiger partial charge is 0.338 e. The fourth-order valence-corrected chi connectivity index (χ4v) is 2.59. The van der Waals surface area contributed by atoms with E-state index in [1.165, 1.54) is 25.7 Å². The van der Waals surface area contributed by atoms with Gasteiger partial charge in [-0.25, -0.2) is 4.98 Å². The van der Waals surface area contributed by atoms with Gasteiger partial charge in [-0.1, -0.05) is 11.6 Å². The smallest absolute Gasteiger partial charge is 0.108 e. The predicted octanol–water partition coefficient (Wildman–Crippen LogP) is 2.08. The van der Waals surface area contributed by atoms with Gasteiger partial charge in [0.25, 0.3) is 0 Å². The predicted molar refractivity (Wildman–Crippen MR) is 73.8 cm³/mol. The van der Waals surface area contributed by atoms with Crippen molar-refractivity contribution >= 4 is 0 Å². The van der Waals surface area contributed by atoms with Gasteiger partial charge >= 0.3 is 0 Å². The third-order valence-electron chi connectivity index (χ3n) is 3.77. The SMILES string of the molecule is Cn1ccnc1CCC(CC1=CCCCC1)NN. The molecule has 0 spiro atoms. The summed E-state index contributed by atoms with van der Waals surface area (Å²) in [5, 5.41) is 0. The van der Waals surface area contributed by atoms with E-state index in [4.69, 9.17) is 5.84 Å². The summed E-state index contributed by atoms with van der Waals surface area (Å²) in [6.07, 6.45) is 14.5. The molecule has 0 aliphatic heterocycles. The highest BCUT2D eigenvalue weighted by atomic mass is 15.2. The lowest BCUT2D eigenvalue weighted by atomic mass is 9.93. The average Bonchev–Trinajstić information content (AvgIpc) is 2.81. The number of hydrogen-bond acceptors (Lipinski definition) is 3. The van der Waals surface area contributed by atoms with Gasteiger partial charge in [-0.15, -0.1) is 0 Å². The van der Waals surface area contributed by atoms with Crippen molar-refractivity contribution in [2.75, 3.05) is 0 Å². The van der Waals surface area contributed by atoms with Crippen LogP contribution in [0, 0.1) is 0 Å². The Bertz CT molecular complexity index is 394. The highest BCUT2D eigenvalue weighted by Crippen LogP contribution is 2.22. The van der Waals surface area contributed by atoms with Crippen molar-refractivity contribution in [1.29, 1.82) is 0 Å². The van der Waals surface area contributed by atoms with E-state index in [0.29, 0.717) is 6.04 Å². The average molecular weight is 248 g/mol. The van der Waals surface area contributed by atoms with Gasteiger partial charge in [0.05, 0.1) is 0 Å². The molecule has 0 saturated carbocycles. The number of nitrogens with two attached hydrogens (primary N) is 1. The lowest BCUT2D eigenvalue weighted by Gasteiger charge is -2.20. The molecule has 1 atom stereocenters. The van der Waals surface area contributed by atoms with E-state index in [1.807, 2.05) is 19.4 Å². The van der Waals surface area contributed by atoms with Crippen molar-refractivity contribution in [3.8, 4) is 0 Å². The van der Waals surface area contributed by atoms with Crippen molar-refractivity contribution in [3.05, 3.63) is 29.9 Å². The fourth-order valence-electron chi connectivity index (χ4n) is 2.59. The minimum atomic E-state index is 0.367. The van der Waals surface area contributed by atoms with Gasteiger partial charge in [-0.2, -0.15) is 0 Å². The standard InChI is InChI=1S/C14H24N4/c1-18-10-9-16-14(18)8-7-13(17-15)11-12-5-3-2-4-6-12/h5,9-10,13,17H,2-4,6-8,11,15H2,1H3. The molecule has 0 fully saturated rings. The van der Waals surface area contributed by atoms with Crippen LogP contribution in [0.2, 0.25) is 0 Å². The maximum atomic E-state index is 5.66. The number of imidazole rings is 1. The van der Waals surface area contributed by atoms with E-state index in [9.17, 15) is 0 Å². The molecule has 100 valence electrons. The van der Waals surface area contributed by atoms with E-state index < -0.39 is 0 Å². The van der Waals surface area contributed by atoms with Crippen molar-refractivity contribution in [3.63, 3.8) is 0 Å². The second kappa shape index (κ2) is 6.71. The highest BCUT2D eigenvalue weighted by Gasteiger charge is 2.12. The summed E-state index contributed by atoms with van der Waals surface area (Å²) in [6, 6.07) is 0.367. The minimum absolute atomic E-state index is 0.367. The molecule has 0 saturated heterocycles. The Morgan fingerprint density at radius 1 is 1.50 bits per heavy atom. The Morgan fingerprint density at radius 3 is 3.00 bits per heavy atom. The molecule has 4 nitrogen and oxygen atoms in total. The van der Waals surface area contributed by atoms with Crippen LogP contribution in [0.5, 0.6) is 0 Å². The number of nitrogens with zero attached hydrogens (tertiary/aromatic N) is 2. The molecule has 4 heteroatoms. The zero-order valence-corrected chi connectivity index (χ0v) is 11.2. The van der Waals surface area contributed by atoms with Crippen LogP contribution in [0.25, 0.3) is 0 Å². The van der Waals surface area contributed by atoms with Crippen LogP contribution in [0.1, 0.15) is 44.3 Å². The third kappa shape index (κ3) is 3.68. The number of rotatable bonds is 6. The molecule has 1 heterocycles. The van der Waals surface area contributed by atoms with Crippen molar-refractivity contribution in [2.24, 2.45) is 12.9 Å². The second-order valence-corrected chi connectivity index (χ2v) is 5.17. The summed E-state index contributed by atoms with van der Waals surface area (Å²) in [4.78, 5) is 4.35. The zero-order chi connectivity index (χ0) is 12.8. The molecule has 0 amide bonds. The van der Waals surface area contributed by atoms with Crippen molar-refractivity contribution in [2.45, 2.75) is 51.0 Å². The van der Waals surface area contributed by atoms with E-state index in [-0.39, 0.29) is 0 Å². The number of allylic oxidation sites excluding steroid dienone is 1. The van der Waals surface area contributed by atoms with Crippen molar-refractivity contribution < 1.29 is 0 Å². The van der Waals surface area contributed by atoms with Crippen LogP contribution in [-0.4, -0.2) is 15.6 Å². The van der Waals surface area contributed by atoms with E-state index >= 15 is 0 Å². The number of hydrogen-bond donors (Lipinski definition) is 2. The molecule has 0 bridgehead atoms. The first-order valence-corrected chi connectivity index (χ1v) is 6.90. The summed E-state index contributed by atoms with van der Waals surface area (Å²) >= 11 is 0. The Hall–Kier alpha value is -1.13. The Balaban J connectivity index is 1.82. The van der Waals surface area contributed by atoms with Gasteiger partial charge in [0, 0.05) is 31.9 Å². The minimum Gasteiger partial charge on any atom is -0.338 e. The second-order valence-electron chi connectivity index (χ2n) is 5.17. The summed E-state index contributed by atoms with van der Waals surface area (Å²) in [5.41, 5.74) is 4.53. The summed E-state index contributed by atoms with van der Waals surface area (Å²) in [6.45, 7) is 0. The molecule has 0 radical (unpaired) electrons. The Morgan fingerprint density at radius 2 is 2.39 bits per heavy atom. The van der Waals surface area contributed by atoms with Crippen LogP contribution in [0.4, 0.5) is 0 Å². The van der Waals surface area contributed by atoms with Gasteiger partial charge in [-0.3, -0.25) is 11.3 Å². The fraction of sp³-hybridized carbons (Fsp3) is 0.643. The van der Waals surface area contributed by atoms with Crippen LogP contribution in [-0.2, 0) is 13.5 Å². The highest BCUT2D eigenvalue weighted by molar-refractivity contribution is 5.07. The van der Waals surface area contributed by atoms with Crippen molar-refractivity contribution in [1.82, 2.24) is 15.0 Å².